The molecule has 2 rings (SSSR count). The number of hydrogen-bond acceptors (Lipinski definition) is 5. The zero-order chi connectivity index (χ0) is 24.6. The smallest absolute Gasteiger partial charge is 0.373 e. The number of hydrogen-bond donors (Lipinski definition) is 2. The molecule has 0 radical (unpaired) electrons. The molecule has 0 saturated heterocycles. The second kappa shape index (κ2) is 8.68. The molecule has 0 saturated carbocycles. The van der Waals surface area contributed by atoms with E-state index < -0.39 is 48.9 Å². The molecule has 2 aromatic carbocycles. The lowest BCUT2D eigenvalue weighted by Gasteiger charge is -2.25. The first-order valence-electron chi connectivity index (χ1n) is 8.67. The van der Waals surface area contributed by atoms with Gasteiger partial charge < -0.3 is 15.3 Å². The molecule has 0 spiro atoms. The summed E-state index contributed by atoms with van der Waals surface area (Å²) < 4.78 is 78.5. The molecular weight excluding hydrogens is 480 g/mol. The first-order chi connectivity index (χ1) is 14.5. The van der Waals surface area contributed by atoms with E-state index in [-0.39, 0.29) is 23.3 Å². The molecule has 0 aromatic heterocycles. The Hall–Kier alpha value is -2.70. The highest BCUT2D eigenvalue weighted by atomic mass is 35.5. The predicted octanol–water partition coefficient (Wildman–Crippen LogP) is 3.27. The van der Waals surface area contributed by atoms with Crippen LogP contribution in [0.3, 0.4) is 0 Å². The summed E-state index contributed by atoms with van der Waals surface area (Å²) in [5, 5.41) is 9.91. The van der Waals surface area contributed by atoms with Crippen molar-refractivity contribution >= 4 is 38.9 Å². The van der Waals surface area contributed by atoms with Crippen molar-refractivity contribution < 1.29 is 40.7 Å². The van der Waals surface area contributed by atoms with E-state index in [9.17, 15) is 40.7 Å². The van der Waals surface area contributed by atoms with E-state index in [1.54, 1.807) is 5.32 Å². The van der Waals surface area contributed by atoms with Gasteiger partial charge in [-0.3, -0.25) is 9.59 Å². The normalized spacial score (nSPS) is 13.9. The molecule has 13 heteroatoms. The fourth-order valence-electron chi connectivity index (χ4n) is 2.37. The SMILES string of the molecule is CN(C)C(=O)c1ccc(S(=O)(=O)c2ccc(NC(=O)[C@@](C)(O)C(F)(F)F)c(F)c2Cl)cc1. The van der Waals surface area contributed by atoms with Crippen LogP contribution in [0.2, 0.25) is 5.02 Å². The number of benzene rings is 2. The van der Waals surface area contributed by atoms with Gasteiger partial charge in [0.1, 0.15) is 0 Å². The number of anilines is 1. The first kappa shape index (κ1) is 25.6. The second-order valence-corrected chi connectivity index (χ2v) is 9.29. The molecular formula is C19H17ClF4N2O5S. The molecule has 2 amide bonds. The number of sulfone groups is 1. The average Bonchev–Trinajstić information content (AvgIpc) is 2.69. The summed E-state index contributed by atoms with van der Waals surface area (Å²) in [5.41, 5.74) is -4.50. The number of carbonyl (C=O) groups is 2. The average molecular weight is 497 g/mol. The largest absolute Gasteiger partial charge is 0.426 e. The number of amides is 2. The Morgan fingerprint density at radius 3 is 2.06 bits per heavy atom. The van der Waals surface area contributed by atoms with Crippen LogP contribution in [0.1, 0.15) is 17.3 Å². The van der Waals surface area contributed by atoms with Crippen molar-refractivity contribution in [2.24, 2.45) is 0 Å². The summed E-state index contributed by atoms with van der Waals surface area (Å²) >= 11 is 5.79. The number of halogens is 5. The third-order valence-electron chi connectivity index (χ3n) is 4.40. The van der Waals surface area contributed by atoms with Crippen LogP contribution in [0.4, 0.5) is 23.2 Å². The highest BCUT2D eigenvalue weighted by Gasteiger charge is 2.55. The first-order valence-corrected chi connectivity index (χ1v) is 10.5. The Morgan fingerprint density at radius 2 is 1.59 bits per heavy atom. The van der Waals surface area contributed by atoms with Crippen LogP contribution >= 0.6 is 11.6 Å². The molecule has 0 heterocycles. The summed E-state index contributed by atoms with van der Waals surface area (Å²) in [6.45, 7) is 0.172. The van der Waals surface area contributed by atoms with Crippen LogP contribution in [-0.4, -0.2) is 56.1 Å². The minimum atomic E-state index is -5.35. The van der Waals surface area contributed by atoms with Gasteiger partial charge in [0.25, 0.3) is 11.8 Å². The maximum atomic E-state index is 14.6. The zero-order valence-electron chi connectivity index (χ0n) is 16.8. The molecule has 0 aliphatic rings. The number of alkyl halides is 3. The van der Waals surface area contributed by atoms with Gasteiger partial charge in [-0.2, -0.15) is 13.2 Å². The van der Waals surface area contributed by atoms with E-state index in [0.717, 1.165) is 18.2 Å². The monoisotopic (exact) mass is 496 g/mol. The van der Waals surface area contributed by atoms with Crippen LogP contribution in [-0.2, 0) is 14.6 Å². The minimum absolute atomic E-state index is 0.172. The molecule has 174 valence electrons. The molecule has 7 nitrogen and oxygen atoms in total. The van der Waals surface area contributed by atoms with E-state index in [4.69, 9.17) is 11.6 Å². The van der Waals surface area contributed by atoms with Gasteiger partial charge in [0.15, 0.2) is 5.82 Å². The highest BCUT2D eigenvalue weighted by molar-refractivity contribution is 7.91. The van der Waals surface area contributed by atoms with Gasteiger partial charge in [0, 0.05) is 19.7 Å². The Kier molecular flexibility index (Phi) is 6.93. The summed E-state index contributed by atoms with van der Waals surface area (Å²) in [4.78, 5) is 23.9. The Labute approximate surface area is 185 Å². The van der Waals surface area contributed by atoms with Crippen molar-refractivity contribution in [3.05, 3.63) is 52.8 Å². The van der Waals surface area contributed by atoms with Crippen molar-refractivity contribution in [1.82, 2.24) is 4.90 Å². The Bertz CT molecular complexity index is 1160. The molecule has 0 bridgehead atoms. The molecule has 0 unspecified atom stereocenters. The maximum Gasteiger partial charge on any atom is 0.426 e. The molecule has 32 heavy (non-hydrogen) atoms. The van der Waals surface area contributed by atoms with Crippen molar-refractivity contribution in [3.8, 4) is 0 Å². The van der Waals surface area contributed by atoms with Crippen LogP contribution < -0.4 is 5.32 Å². The van der Waals surface area contributed by atoms with E-state index in [2.05, 4.69) is 0 Å². The van der Waals surface area contributed by atoms with Gasteiger partial charge in [0.2, 0.25) is 15.4 Å². The number of nitrogens with zero attached hydrogens (tertiary/aromatic N) is 1. The molecule has 0 aliphatic heterocycles. The second-order valence-electron chi connectivity index (χ2n) is 6.99. The molecule has 0 fully saturated rings. The Morgan fingerprint density at radius 1 is 1.06 bits per heavy atom. The van der Waals surface area contributed by atoms with Gasteiger partial charge in [-0.1, -0.05) is 11.6 Å². The highest BCUT2D eigenvalue weighted by Crippen LogP contribution is 2.35. The maximum absolute atomic E-state index is 14.6. The van der Waals surface area contributed by atoms with Crippen LogP contribution in [0, 0.1) is 5.82 Å². The Balaban J connectivity index is 2.41. The number of rotatable bonds is 5. The molecule has 2 N–H and O–H groups in total. The molecule has 0 aliphatic carbocycles. The van der Waals surface area contributed by atoms with Gasteiger partial charge in [-0.15, -0.1) is 0 Å². The topological polar surface area (TPSA) is 104 Å². The standard InChI is InChI=1S/C19H17ClF4N2O5S/c1-18(29,19(22,23)24)17(28)25-12-8-9-13(14(20)15(12)21)32(30,31)11-6-4-10(5-7-11)16(27)26(2)3/h4-9,29H,1-3H3,(H,25,28)/t18-/m1/s1. The van der Waals surface area contributed by atoms with E-state index >= 15 is 0 Å². The van der Waals surface area contributed by atoms with Gasteiger partial charge in [0.05, 0.1) is 20.5 Å². The quantitative estimate of drug-likeness (QED) is 0.618. The van der Waals surface area contributed by atoms with Crippen molar-refractivity contribution in [2.75, 3.05) is 19.4 Å². The predicted molar refractivity (Wildman–Crippen MR) is 107 cm³/mol. The third kappa shape index (κ3) is 4.71. The van der Waals surface area contributed by atoms with Crippen molar-refractivity contribution in [3.63, 3.8) is 0 Å². The van der Waals surface area contributed by atoms with Crippen LogP contribution in [0.5, 0.6) is 0 Å². The summed E-state index contributed by atoms with van der Waals surface area (Å²) in [6.07, 6.45) is -5.35. The fraction of sp³-hybridized carbons (Fsp3) is 0.263. The fourth-order valence-corrected chi connectivity index (χ4v) is 4.16. The number of nitrogens with one attached hydrogen (secondary N) is 1. The lowest BCUT2D eigenvalue weighted by molar-refractivity contribution is -0.242. The summed E-state index contributed by atoms with van der Waals surface area (Å²) in [6, 6.07) is 6.19. The zero-order valence-corrected chi connectivity index (χ0v) is 18.4. The van der Waals surface area contributed by atoms with Gasteiger partial charge in [-0.05, 0) is 43.3 Å². The minimum Gasteiger partial charge on any atom is -0.373 e. The van der Waals surface area contributed by atoms with E-state index in [1.165, 1.54) is 31.1 Å². The van der Waals surface area contributed by atoms with Crippen LogP contribution in [0.25, 0.3) is 0 Å². The molecule has 2 aromatic rings. The van der Waals surface area contributed by atoms with Gasteiger partial charge >= 0.3 is 6.18 Å². The van der Waals surface area contributed by atoms with Crippen molar-refractivity contribution in [1.29, 1.82) is 0 Å². The third-order valence-corrected chi connectivity index (χ3v) is 6.69. The number of aliphatic hydroxyl groups is 1. The van der Waals surface area contributed by atoms with Crippen LogP contribution in [0.15, 0.2) is 46.2 Å². The lowest BCUT2D eigenvalue weighted by atomic mass is 10.1. The summed E-state index contributed by atoms with van der Waals surface area (Å²) in [7, 11) is -1.38. The number of carbonyl (C=O) groups excluding carboxylic acids is 2. The van der Waals surface area contributed by atoms with E-state index in [0.29, 0.717) is 6.07 Å². The van der Waals surface area contributed by atoms with Gasteiger partial charge in [-0.25, -0.2) is 12.8 Å². The molecule has 1 atom stereocenters. The summed E-state index contributed by atoms with van der Waals surface area (Å²) in [5.74, 6) is -3.89. The lowest BCUT2D eigenvalue weighted by Crippen LogP contribution is -2.52. The van der Waals surface area contributed by atoms with E-state index in [1.807, 2.05) is 0 Å². The van der Waals surface area contributed by atoms with Crippen molar-refractivity contribution in [2.45, 2.75) is 28.5 Å².